The summed E-state index contributed by atoms with van der Waals surface area (Å²) in [5, 5.41) is 18.9. The number of hydrogen-bond donors (Lipinski definition) is 1. The third kappa shape index (κ3) is 6.23. The van der Waals surface area contributed by atoms with Crippen LogP contribution >= 0.6 is 27.3 Å². The Morgan fingerprint density at radius 2 is 1.97 bits per heavy atom. The second-order valence-electron chi connectivity index (χ2n) is 6.73. The van der Waals surface area contributed by atoms with Crippen molar-refractivity contribution in [2.45, 2.75) is 17.9 Å². The number of sulfone groups is 1. The van der Waals surface area contributed by atoms with Crippen molar-refractivity contribution in [2.75, 3.05) is 11.6 Å². The summed E-state index contributed by atoms with van der Waals surface area (Å²) in [7, 11) is -3.53. The van der Waals surface area contributed by atoms with Crippen LogP contribution in [0.2, 0.25) is 0 Å². The Morgan fingerprint density at radius 1 is 1.25 bits per heavy atom. The van der Waals surface area contributed by atoms with Gasteiger partial charge in [0.25, 0.3) is 5.91 Å². The minimum Gasteiger partial charge on any atom is -0.488 e. The normalized spacial score (nSPS) is 11.6. The van der Waals surface area contributed by atoms with E-state index in [0.717, 1.165) is 11.8 Å². The number of nitrogens with zero attached hydrogens (tertiary/aromatic N) is 3. The van der Waals surface area contributed by atoms with Crippen LogP contribution in [0.25, 0.3) is 6.08 Å². The first kappa shape index (κ1) is 23.6. The first-order chi connectivity index (χ1) is 15.2. The van der Waals surface area contributed by atoms with Crippen molar-refractivity contribution in [1.82, 2.24) is 10.2 Å². The Kier molecular flexibility index (Phi) is 7.40. The molecule has 1 N–H and O–H groups in total. The SMILES string of the molecule is Cc1ccc(COc2ccc(/C=C(/C#N)C(=O)Nc3nnc(S(C)(=O)=O)s3)cc2Br)cc1. The molecule has 2 aromatic carbocycles. The quantitative estimate of drug-likeness (QED) is 0.275. The average Bonchev–Trinajstić information content (AvgIpc) is 3.21. The molecule has 0 unspecified atom stereocenters. The van der Waals surface area contributed by atoms with E-state index in [1.165, 1.54) is 11.6 Å². The van der Waals surface area contributed by atoms with Crippen molar-refractivity contribution in [2.24, 2.45) is 0 Å². The minimum atomic E-state index is -3.53. The summed E-state index contributed by atoms with van der Waals surface area (Å²) in [4.78, 5) is 12.4. The molecule has 0 saturated carbocycles. The molecule has 0 aliphatic rings. The zero-order valence-corrected chi connectivity index (χ0v) is 20.2. The van der Waals surface area contributed by atoms with Crippen molar-refractivity contribution in [3.8, 4) is 11.8 Å². The molecule has 0 aliphatic carbocycles. The largest absolute Gasteiger partial charge is 0.488 e. The van der Waals surface area contributed by atoms with Crippen LogP contribution in [0.4, 0.5) is 5.13 Å². The molecule has 0 bridgehead atoms. The molecule has 8 nitrogen and oxygen atoms in total. The van der Waals surface area contributed by atoms with Crippen LogP contribution in [0.15, 0.2) is 56.9 Å². The number of carbonyl (C=O) groups excluding carboxylic acids is 1. The van der Waals surface area contributed by atoms with E-state index in [1.54, 1.807) is 18.2 Å². The average molecular weight is 533 g/mol. The molecule has 164 valence electrons. The molecule has 1 heterocycles. The molecule has 3 rings (SSSR count). The second kappa shape index (κ2) is 10.0. The number of carbonyl (C=O) groups is 1. The van der Waals surface area contributed by atoms with Gasteiger partial charge in [0.15, 0.2) is 0 Å². The van der Waals surface area contributed by atoms with Crippen molar-refractivity contribution in [3.63, 3.8) is 0 Å². The van der Waals surface area contributed by atoms with Crippen LogP contribution in [0.1, 0.15) is 16.7 Å². The van der Waals surface area contributed by atoms with Crippen LogP contribution in [-0.2, 0) is 21.2 Å². The summed E-state index contributed by atoms with van der Waals surface area (Å²) in [5.41, 5.74) is 2.62. The predicted molar refractivity (Wildman–Crippen MR) is 125 cm³/mol. The Hall–Kier alpha value is -3.07. The fraction of sp³-hybridized carbons (Fsp3) is 0.143. The number of rotatable bonds is 7. The van der Waals surface area contributed by atoms with Gasteiger partial charge in [-0.05, 0) is 52.2 Å². The first-order valence-corrected chi connectivity index (χ1v) is 12.6. The smallest absolute Gasteiger partial charge is 0.268 e. The van der Waals surface area contributed by atoms with Gasteiger partial charge in [-0.2, -0.15) is 5.26 Å². The molecule has 3 aromatic rings. The molecule has 11 heteroatoms. The standard InChI is InChI=1S/C21H17BrN4O4S2/c1-13-3-5-14(6-4-13)12-30-18-8-7-15(10-17(18)22)9-16(11-23)19(27)24-20-25-26-21(31-20)32(2,28)29/h3-10H,12H2,1-2H3,(H,24,25,27)/b16-9-. The predicted octanol–water partition coefficient (Wildman–Crippen LogP) is 4.14. The van der Waals surface area contributed by atoms with E-state index in [2.05, 4.69) is 31.4 Å². The maximum Gasteiger partial charge on any atom is 0.268 e. The van der Waals surface area contributed by atoms with Crippen LogP contribution in [0, 0.1) is 18.3 Å². The van der Waals surface area contributed by atoms with Gasteiger partial charge in [0.1, 0.15) is 24.0 Å². The van der Waals surface area contributed by atoms with Crippen molar-refractivity contribution in [3.05, 3.63) is 69.2 Å². The molecule has 0 spiro atoms. The van der Waals surface area contributed by atoms with Crippen molar-refractivity contribution >= 4 is 54.2 Å². The van der Waals surface area contributed by atoms with Crippen molar-refractivity contribution < 1.29 is 17.9 Å². The number of nitriles is 1. The molecular weight excluding hydrogens is 516 g/mol. The van der Waals surface area contributed by atoms with Gasteiger partial charge in [-0.3, -0.25) is 10.1 Å². The highest BCUT2D eigenvalue weighted by atomic mass is 79.9. The van der Waals surface area contributed by atoms with E-state index in [9.17, 15) is 18.5 Å². The first-order valence-electron chi connectivity index (χ1n) is 9.10. The van der Waals surface area contributed by atoms with Crippen LogP contribution in [-0.4, -0.2) is 30.8 Å². The number of aryl methyl sites for hydroxylation is 1. The lowest BCUT2D eigenvalue weighted by Crippen LogP contribution is -2.13. The number of hydrogen-bond acceptors (Lipinski definition) is 8. The molecule has 32 heavy (non-hydrogen) atoms. The molecule has 0 radical (unpaired) electrons. The Bertz CT molecular complexity index is 1330. The highest BCUT2D eigenvalue weighted by molar-refractivity contribution is 9.10. The molecule has 0 atom stereocenters. The third-order valence-corrected chi connectivity index (χ3v) is 7.22. The van der Waals surface area contributed by atoms with Gasteiger partial charge in [0.2, 0.25) is 19.3 Å². The number of aromatic nitrogens is 2. The number of ether oxygens (including phenoxy) is 1. The van der Waals surface area contributed by atoms with Gasteiger partial charge in [0.05, 0.1) is 4.47 Å². The molecule has 1 amide bonds. The molecular formula is C21H17BrN4O4S2. The lowest BCUT2D eigenvalue weighted by atomic mass is 10.1. The molecule has 1 aromatic heterocycles. The summed E-state index contributed by atoms with van der Waals surface area (Å²) >= 11 is 4.15. The van der Waals surface area contributed by atoms with Gasteiger partial charge in [-0.15, -0.1) is 10.2 Å². The van der Waals surface area contributed by atoms with E-state index in [4.69, 9.17) is 4.74 Å². The summed E-state index contributed by atoms with van der Waals surface area (Å²) in [6, 6.07) is 15.0. The fourth-order valence-electron chi connectivity index (χ4n) is 2.46. The topological polar surface area (TPSA) is 122 Å². The minimum absolute atomic E-state index is 0.0161. The van der Waals surface area contributed by atoms with Crippen LogP contribution in [0.3, 0.4) is 0 Å². The maximum atomic E-state index is 12.4. The van der Waals surface area contributed by atoms with E-state index >= 15 is 0 Å². The number of anilines is 1. The second-order valence-corrected chi connectivity index (χ2v) is 10.8. The van der Waals surface area contributed by atoms with E-state index in [0.29, 0.717) is 33.7 Å². The third-order valence-electron chi connectivity index (χ3n) is 4.09. The molecule has 0 saturated heterocycles. The van der Waals surface area contributed by atoms with Gasteiger partial charge in [-0.25, -0.2) is 8.42 Å². The Balaban J connectivity index is 1.70. The number of benzene rings is 2. The summed E-state index contributed by atoms with van der Waals surface area (Å²) in [5.74, 6) is -0.104. The summed E-state index contributed by atoms with van der Waals surface area (Å²) < 4.78 is 29.2. The van der Waals surface area contributed by atoms with Crippen LogP contribution < -0.4 is 10.1 Å². The lowest BCUT2D eigenvalue weighted by Gasteiger charge is -2.09. The Labute approximate surface area is 197 Å². The zero-order valence-electron chi connectivity index (χ0n) is 17.0. The molecule has 0 aliphatic heterocycles. The summed E-state index contributed by atoms with van der Waals surface area (Å²) in [6.45, 7) is 2.42. The number of amides is 1. The highest BCUT2D eigenvalue weighted by Crippen LogP contribution is 2.28. The van der Waals surface area contributed by atoms with E-state index in [1.807, 2.05) is 37.3 Å². The van der Waals surface area contributed by atoms with Gasteiger partial charge < -0.3 is 4.74 Å². The van der Waals surface area contributed by atoms with Gasteiger partial charge >= 0.3 is 0 Å². The van der Waals surface area contributed by atoms with Crippen LogP contribution in [0.5, 0.6) is 5.75 Å². The monoisotopic (exact) mass is 532 g/mol. The van der Waals surface area contributed by atoms with Gasteiger partial charge in [-0.1, -0.05) is 47.2 Å². The Morgan fingerprint density at radius 3 is 2.56 bits per heavy atom. The number of halogens is 1. The lowest BCUT2D eigenvalue weighted by molar-refractivity contribution is -0.112. The highest BCUT2D eigenvalue weighted by Gasteiger charge is 2.17. The van der Waals surface area contributed by atoms with E-state index < -0.39 is 15.7 Å². The fourth-order valence-corrected chi connectivity index (χ4v) is 4.47. The van der Waals surface area contributed by atoms with Gasteiger partial charge in [0, 0.05) is 6.26 Å². The molecule has 0 fully saturated rings. The maximum absolute atomic E-state index is 12.4. The van der Waals surface area contributed by atoms with Crippen molar-refractivity contribution in [1.29, 1.82) is 5.26 Å². The zero-order chi connectivity index (χ0) is 23.3. The summed E-state index contributed by atoms with van der Waals surface area (Å²) in [6.07, 6.45) is 2.40. The van der Waals surface area contributed by atoms with E-state index in [-0.39, 0.29) is 15.0 Å². The number of nitrogens with one attached hydrogen (secondary N) is 1.